The normalized spacial score (nSPS) is 10.6. The second kappa shape index (κ2) is 7.49. The van der Waals surface area contributed by atoms with Crippen molar-refractivity contribution >= 4 is 11.7 Å². The molecule has 0 aliphatic rings. The number of Topliss-reactive ketones (excluding diaryl/α,β-unsaturated/α-hetero) is 1. The fourth-order valence-electron chi connectivity index (χ4n) is 1.80. The van der Waals surface area contributed by atoms with Crippen LogP contribution in [0.2, 0.25) is 0 Å². The van der Waals surface area contributed by atoms with Crippen LogP contribution in [0.5, 0.6) is 11.5 Å². The van der Waals surface area contributed by atoms with Crippen LogP contribution in [-0.2, 0) is 4.79 Å². The van der Waals surface area contributed by atoms with Gasteiger partial charge in [0.15, 0.2) is 17.3 Å². The van der Waals surface area contributed by atoms with Gasteiger partial charge in [-0.05, 0) is 31.2 Å². The minimum atomic E-state index is -0.329. The Bertz CT molecular complexity index is 488. The molecule has 0 atom stereocenters. The monoisotopic (exact) mass is 280 g/mol. The fraction of sp³-hybridized carbons (Fsp3) is 0.429. The molecule has 0 radical (unpaired) electrons. The summed E-state index contributed by atoms with van der Waals surface area (Å²) in [5, 5.41) is 21.1. The van der Waals surface area contributed by atoms with Gasteiger partial charge in [-0.15, -0.1) is 0 Å². The van der Waals surface area contributed by atoms with Crippen molar-refractivity contribution in [2.24, 2.45) is 0 Å². The number of ketones is 1. The molecule has 0 aliphatic heterocycles. The summed E-state index contributed by atoms with van der Waals surface area (Å²) in [7, 11) is 1.55. The topological polar surface area (TPSA) is 89.9 Å². The zero-order chi connectivity index (χ0) is 15.1. The third kappa shape index (κ3) is 4.55. The predicted molar refractivity (Wildman–Crippen MR) is 74.9 cm³/mol. The molecule has 0 aliphatic carbocycles. The van der Waals surface area contributed by atoms with Crippen molar-refractivity contribution in [2.45, 2.75) is 13.3 Å². The molecule has 3 N–H and O–H groups in total. The Kier molecular flexibility index (Phi) is 5.99. The molecule has 0 unspecified atom stereocenters. The Balaban J connectivity index is 2.74. The molecule has 0 saturated carbocycles. The highest BCUT2D eigenvalue weighted by Gasteiger charge is 2.15. The summed E-state index contributed by atoms with van der Waals surface area (Å²) < 4.78 is 0. The number of carbonyl (C=O) groups excluding carboxylic acids is 2. The third-order valence-electron chi connectivity index (χ3n) is 2.85. The fourth-order valence-corrected chi connectivity index (χ4v) is 1.80. The maximum atomic E-state index is 12.1. The summed E-state index contributed by atoms with van der Waals surface area (Å²) in [6.45, 7) is 2.84. The maximum Gasteiger partial charge on any atom is 0.233 e. The average Bonchev–Trinajstić information content (AvgIpc) is 2.41. The summed E-state index contributed by atoms with van der Waals surface area (Å²) in [6.07, 6.45) is 0.825. The highest BCUT2D eigenvalue weighted by atomic mass is 16.3. The highest BCUT2D eigenvalue weighted by Crippen LogP contribution is 2.25. The number of phenols is 2. The molecule has 1 amide bonds. The molecule has 6 heteroatoms. The molecule has 0 heterocycles. The van der Waals surface area contributed by atoms with Gasteiger partial charge in [0, 0.05) is 12.6 Å². The number of nitrogens with zero attached hydrogens (tertiary/aromatic N) is 1. The molecule has 1 aromatic rings. The van der Waals surface area contributed by atoms with Crippen LogP contribution >= 0.6 is 0 Å². The molecule has 110 valence electrons. The number of benzene rings is 1. The van der Waals surface area contributed by atoms with Gasteiger partial charge in [-0.1, -0.05) is 6.92 Å². The number of amides is 1. The lowest BCUT2D eigenvalue weighted by Gasteiger charge is -2.19. The van der Waals surface area contributed by atoms with Gasteiger partial charge in [0.25, 0.3) is 0 Å². The van der Waals surface area contributed by atoms with Crippen molar-refractivity contribution in [3.63, 3.8) is 0 Å². The molecule has 20 heavy (non-hydrogen) atoms. The van der Waals surface area contributed by atoms with Gasteiger partial charge in [-0.3, -0.25) is 14.5 Å². The number of likely N-dealkylation sites (N-methyl/N-ethyl adjacent to an activating group) is 1. The second-order valence-corrected chi connectivity index (χ2v) is 4.51. The number of carbonyl (C=O) groups is 2. The van der Waals surface area contributed by atoms with Gasteiger partial charge in [-0.25, -0.2) is 0 Å². The first-order valence-electron chi connectivity index (χ1n) is 6.46. The van der Waals surface area contributed by atoms with E-state index in [0.29, 0.717) is 12.1 Å². The Morgan fingerprint density at radius 2 is 1.90 bits per heavy atom. The number of aromatic hydroxyl groups is 2. The van der Waals surface area contributed by atoms with Crippen molar-refractivity contribution in [3.8, 4) is 11.5 Å². The third-order valence-corrected chi connectivity index (χ3v) is 2.85. The molecule has 0 bridgehead atoms. The van der Waals surface area contributed by atoms with Crippen LogP contribution < -0.4 is 5.32 Å². The molecule has 6 nitrogen and oxygen atoms in total. The molecular formula is C14H20N2O4. The van der Waals surface area contributed by atoms with E-state index in [-0.39, 0.29) is 36.3 Å². The van der Waals surface area contributed by atoms with E-state index in [1.807, 2.05) is 6.92 Å². The first-order chi connectivity index (χ1) is 9.47. The molecule has 0 fully saturated rings. The van der Waals surface area contributed by atoms with Crippen LogP contribution in [0.3, 0.4) is 0 Å². The Labute approximate surface area is 118 Å². The second-order valence-electron chi connectivity index (χ2n) is 4.51. The lowest BCUT2D eigenvalue weighted by Crippen LogP contribution is -2.39. The van der Waals surface area contributed by atoms with E-state index < -0.39 is 0 Å². The van der Waals surface area contributed by atoms with Gasteiger partial charge in [0.05, 0.1) is 13.1 Å². The van der Waals surface area contributed by atoms with Gasteiger partial charge >= 0.3 is 0 Å². The summed E-state index contributed by atoms with van der Waals surface area (Å²) in [5.74, 6) is -0.959. The SMILES string of the molecule is CCCN(CC(=O)NC)CC(=O)c1ccc(O)c(O)c1. The lowest BCUT2D eigenvalue weighted by atomic mass is 10.1. The van der Waals surface area contributed by atoms with Gasteiger partial charge in [-0.2, -0.15) is 0 Å². The number of phenolic OH excluding ortho intramolecular Hbond substituents is 2. The Morgan fingerprint density at radius 1 is 1.20 bits per heavy atom. The van der Waals surface area contributed by atoms with E-state index in [2.05, 4.69) is 5.32 Å². The summed E-state index contributed by atoms with van der Waals surface area (Å²) >= 11 is 0. The largest absolute Gasteiger partial charge is 0.504 e. The number of hydrogen-bond donors (Lipinski definition) is 3. The molecule has 0 aromatic heterocycles. The number of nitrogens with one attached hydrogen (secondary N) is 1. The highest BCUT2D eigenvalue weighted by molar-refractivity contribution is 5.98. The van der Waals surface area contributed by atoms with Crippen LogP contribution in [0, 0.1) is 0 Å². The van der Waals surface area contributed by atoms with Gasteiger partial charge < -0.3 is 15.5 Å². The van der Waals surface area contributed by atoms with E-state index >= 15 is 0 Å². The van der Waals surface area contributed by atoms with E-state index in [4.69, 9.17) is 0 Å². The van der Waals surface area contributed by atoms with Gasteiger partial charge in [0.2, 0.25) is 5.91 Å². The maximum absolute atomic E-state index is 12.1. The summed E-state index contributed by atoms with van der Waals surface area (Å²) in [5.41, 5.74) is 0.304. The van der Waals surface area contributed by atoms with E-state index in [1.54, 1.807) is 11.9 Å². The molecular weight excluding hydrogens is 260 g/mol. The van der Waals surface area contributed by atoms with Crippen LogP contribution in [0.1, 0.15) is 23.7 Å². The van der Waals surface area contributed by atoms with Crippen molar-refractivity contribution < 1.29 is 19.8 Å². The van der Waals surface area contributed by atoms with E-state index in [0.717, 1.165) is 6.42 Å². The molecule has 1 aromatic carbocycles. The number of hydrogen-bond acceptors (Lipinski definition) is 5. The van der Waals surface area contributed by atoms with Gasteiger partial charge in [0.1, 0.15) is 0 Å². The van der Waals surface area contributed by atoms with Crippen molar-refractivity contribution in [1.29, 1.82) is 0 Å². The minimum absolute atomic E-state index is 0.0888. The number of rotatable bonds is 7. The molecule has 1 rings (SSSR count). The van der Waals surface area contributed by atoms with Crippen molar-refractivity contribution in [2.75, 3.05) is 26.7 Å². The standard InChI is InChI=1S/C14H20N2O4/c1-3-6-16(9-14(20)15-2)8-13(19)10-4-5-11(17)12(18)7-10/h4-5,7,17-18H,3,6,8-9H2,1-2H3,(H,15,20). The Hall–Kier alpha value is -2.08. The van der Waals surface area contributed by atoms with E-state index in [9.17, 15) is 19.8 Å². The summed E-state index contributed by atoms with van der Waals surface area (Å²) in [6, 6.07) is 3.94. The van der Waals surface area contributed by atoms with Crippen LogP contribution in [0.25, 0.3) is 0 Å². The van der Waals surface area contributed by atoms with Crippen molar-refractivity contribution in [1.82, 2.24) is 10.2 Å². The zero-order valence-corrected chi connectivity index (χ0v) is 11.7. The van der Waals surface area contributed by atoms with E-state index in [1.165, 1.54) is 18.2 Å². The lowest BCUT2D eigenvalue weighted by molar-refractivity contribution is -0.121. The zero-order valence-electron chi connectivity index (χ0n) is 11.7. The first-order valence-corrected chi connectivity index (χ1v) is 6.46. The smallest absolute Gasteiger partial charge is 0.233 e. The minimum Gasteiger partial charge on any atom is -0.504 e. The van der Waals surface area contributed by atoms with Crippen LogP contribution in [-0.4, -0.2) is 53.5 Å². The van der Waals surface area contributed by atoms with Crippen molar-refractivity contribution in [3.05, 3.63) is 23.8 Å². The quantitative estimate of drug-likeness (QED) is 0.506. The predicted octanol–water partition coefficient (Wildman–Crippen LogP) is 0.738. The Morgan fingerprint density at radius 3 is 2.45 bits per heavy atom. The van der Waals surface area contributed by atoms with Crippen LogP contribution in [0.15, 0.2) is 18.2 Å². The molecule has 0 saturated heterocycles. The molecule has 0 spiro atoms. The first kappa shape index (κ1) is 16.0. The van der Waals surface area contributed by atoms with Crippen LogP contribution in [0.4, 0.5) is 0 Å². The summed E-state index contributed by atoms with van der Waals surface area (Å²) in [4.78, 5) is 25.2. The average molecular weight is 280 g/mol.